The Morgan fingerprint density at radius 1 is 1.15 bits per heavy atom. The lowest BCUT2D eigenvalue weighted by molar-refractivity contribution is 0.204. The molecule has 1 aromatic carbocycles. The Hall–Kier alpha value is -1.07. The summed E-state index contributed by atoms with van der Waals surface area (Å²) in [5.74, 6) is 0. The Labute approximate surface area is 122 Å². The van der Waals surface area contributed by atoms with Crippen molar-refractivity contribution in [3.8, 4) is 0 Å². The van der Waals surface area contributed by atoms with Crippen molar-refractivity contribution in [2.24, 2.45) is 0 Å². The van der Waals surface area contributed by atoms with Crippen LogP contribution in [-0.4, -0.2) is 24.8 Å². The van der Waals surface area contributed by atoms with Crippen LogP contribution >= 0.6 is 0 Å². The molecule has 1 aliphatic heterocycles. The summed E-state index contributed by atoms with van der Waals surface area (Å²) in [6.45, 7) is 7.71. The van der Waals surface area contributed by atoms with Crippen molar-refractivity contribution in [3.05, 3.63) is 23.3 Å². The van der Waals surface area contributed by atoms with Crippen molar-refractivity contribution in [2.45, 2.75) is 63.9 Å². The number of benzene rings is 1. The number of anilines is 1. The van der Waals surface area contributed by atoms with Gasteiger partial charge in [-0.3, -0.25) is 0 Å². The van der Waals surface area contributed by atoms with Gasteiger partial charge < -0.3 is 5.73 Å². The lowest BCUT2D eigenvalue weighted by atomic mass is 10.0. The van der Waals surface area contributed by atoms with Gasteiger partial charge in [0.25, 0.3) is 0 Å². The van der Waals surface area contributed by atoms with Gasteiger partial charge in [-0.15, -0.1) is 0 Å². The highest BCUT2D eigenvalue weighted by atomic mass is 32.2. The molecule has 1 saturated heterocycles. The molecule has 0 amide bonds. The van der Waals surface area contributed by atoms with Gasteiger partial charge >= 0.3 is 0 Å². The minimum atomic E-state index is -3.54. The largest absolute Gasteiger partial charge is 0.398 e. The molecule has 1 fully saturated rings. The quantitative estimate of drug-likeness (QED) is 0.854. The van der Waals surface area contributed by atoms with Crippen LogP contribution < -0.4 is 5.73 Å². The van der Waals surface area contributed by atoms with Gasteiger partial charge in [0.1, 0.15) is 4.90 Å². The molecule has 5 heteroatoms. The molecule has 0 aliphatic carbocycles. The highest BCUT2D eigenvalue weighted by Crippen LogP contribution is 2.34. The van der Waals surface area contributed by atoms with Gasteiger partial charge in [0.15, 0.2) is 0 Å². The van der Waals surface area contributed by atoms with Crippen LogP contribution in [0.1, 0.15) is 44.2 Å². The van der Waals surface area contributed by atoms with Gasteiger partial charge in [-0.05, 0) is 57.7 Å². The molecule has 4 nitrogen and oxygen atoms in total. The van der Waals surface area contributed by atoms with Crippen molar-refractivity contribution in [1.82, 2.24) is 4.31 Å². The van der Waals surface area contributed by atoms with E-state index in [9.17, 15) is 8.42 Å². The van der Waals surface area contributed by atoms with E-state index in [0.717, 1.165) is 30.4 Å². The lowest BCUT2D eigenvalue weighted by Gasteiger charge is -2.38. The molecule has 2 unspecified atom stereocenters. The third-order valence-corrected chi connectivity index (χ3v) is 6.69. The minimum Gasteiger partial charge on any atom is -0.398 e. The molecule has 0 radical (unpaired) electrons. The Morgan fingerprint density at radius 2 is 1.70 bits per heavy atom. The normalized spacial score (nSPS) is 24.8. The summed E-state index contributed by atoms with van der Waals surface area (Å²) in [5, 5.41) is 0. The number of rotatable bonds is 2. The van der Waals surface area contributed by atoms with E-state index in [1.54, 1.807) is 10.4 Å². The summed E-state index contributed by atoms with van der Waals surface area (Å²) >= 11 is 0. The number of hydrogen-bond donors (Lipinski definition) is 1. The highest BCUT2D eigenvalue weighted by molar-refractivity contribution is 7.89. The zero-order valence-electron chi connectivity index (χ0n) is 12.7. The van der Waals surface area contributed by atoms with Crippen LogP contribution in [0.2, 0.25) is 0 Å². The first kappa shape index (κ1) is 15.3. The van der Waals surface area contributed by atoms with E-state index in [4.69, 9.17) is 5.73 Å². The molecule has 2 atom stereocenters. The van der Waals surface area contributed by atoms with Crippen molar-refractivity contribution in [1.29, 1.82) is 0 Å². The first-order chi connectivity index (χ1) is 9.26. The summed E-state index contributed by atoms with van der Waals surface area (Å²) in [6, 6.07) is 3.62. The number of nitrogen functional groups attached to an aromatic ring is 1. The van der Waals surface area contributed by atoms with E-state index >= 15 is 0 Å². The number of piperidine rings is 1. The Kier molecular flexibility index (Phi) is 4.12. The number of nitrogens with two attached hydrogens (primary N) is 1. The summed E-state index contributed by atoms with van der Waals surface area (Å²) in [5.41, 5.74) is 8.03. The zero-order chi connectivity index (χ0) is 15.1. The van der Waals surface area contributed by atoms with E-state index in [1.165, 1.54) is 0 Å². The fraction of sp³-hybridized carbons (Fsp3) is 0.600. The standard InChI is InChI=1S/C15H24N2O2S/c1-10-8-9-14(16)15(13(10)4)20(18,19)17-11(2)6-5-7-12(17)3/h8-9,11-12H,5-7,16H2,1-4H3. The molecular weight excluding hydrogens is 272 g/mol. The molecule has 1 heterocycles. The van der Waals surface area contributed by atoms with Crippen LogP contribution in [0.4, 0.5) is 5.69 Å². The van der Waals surface area contributed by atoms with Crippen LogP contribution in [0.25, 0.3) is 0 Å². The lowest BCUT2D eigenvalue weighted by Crippen LogP contribution is -2.47. The maximum atomic E-state index is 13.0. The first-order valence-electron chi connectivity index (χ1n) is 7.16. The molecule has 1 aliphatic rings. The van der Waals surface area contributed by atoms with Crippen LogP contribution in [-0.2, 0) is 10.0 Å². The van der Waals surface area contributed by atoms with E-state index < -0.39 is 10.0 Å². The van der Waals surface area contributed by atoms with Gasteiger partial charge in [-0.1, -0.05) is 12.5 Å². The average molecular weight is 296 g/mol. The summed E-state index contributed by atoms with van der Waals surface area (Å²) in [6.07, 6.45) is 2.90. The molecule has 0 aromatic heterocycles. The van der Waals surface area contributed by atoms with Gasteiger partial charge in [0, 0.05) is 12.1 Å². The summed E-state index contributed by atoms with van der Waals surface area (Å²) < 4.78 is 27.7. The molecule has 0 spiro atoms. The molecule has 0 bridgehead atoms. The van der Waals surface area contributed by atoms with Crippen LogP contribution in [0.5, 0.6) is 0 Å². The molecule has 0 saturated carbocycles. The smallest absolute Gasteiger partial charge is 0.245 e. The predicted octanol–water partition coefficient (Wildman–Crippen LogP) is 2.84. The number of nitrogens with zero attached hydrogens (tertiary/aromatic N) is 1. The molecule has 2 N–H and O–H groups in total. The summed E-state index contributed by atoms with van der Waals surface area (Å²) in [7, 11) is -3.54. The third-order valence-electron chi connectivity index (χ3n) is 4.36. The molecule has 1 aromatic rings. The van der Waals surface area contributed by atoms with Gasteiger partial charge in [-0.25, -0.2) is 8.42 Å². The number of hydrogen-bond acceptors (Lipinski definition) is 3. The van der Waals surface area contributed by atoms with Crippen molar-refractivity contribution in [3.63, 3.8) is 0 Å². The fourth-order valence-electron chi connectivity index (χ4n) is 3.13. The Bertz CT molecular complexity index is 601. The highest BCUT2D eigenvalue weighted by Gasteiger charge is 2.37. The maximum absolute atomic E-state index is 13.0. The van der Waals surface area contributed by atoms with Crippen LogP contribution in [0.3, 0.4) is 0 Å². The van der Waals surface area contributed by atoms with E-state index in [0.29, 0.717) is 5.69 Å². The number of aryl methyl sites for hydroxylation is 1. The SMILES string of the molecule is Cc1ccc(N)c(S(=O)(=O)N2C(C)CCCC2C)c1C. The maximum Gasteiger partial charge on any atom is 0.245 e. The van der Waals surface area contributed by atoms with Crippen molar-refractivity contribution < 1.29 is 8.42 Å². The second-order valence-corrected chi connectivity index (χ2v) is 7.67. The first-order valence-corrected chi connectivity index (χ1v) is 8.60. The molecular formula is C15H24N2O2S. The molecule has 112 valence electrons. The number of sulfonamides is 1. The second-order valence-electron chi connectivity index (χ2n) is 5.89. The zero-order valence-corrected chi connectivity index (χ0v) is 13.5. The third kappa shape index (κ3) is 2.44. The van der Waals surface area contributed by atoms with E-state index in [2.05, 4.69) is 0 Å². The predicted molar refractivity (Wildman–Crippen MR) is 82.1 cm³/mol. The summed E-state index contributed by atoms with van der Waals surface area (Å²) in [4.78, 5) is 0.290. The van der Waals surface area contributed by atoms with Crippen molar-refractivity contribution in [2.75, 3.05) is 5.73 Å². The van der Waals surface area contributed by atoms with Crippen molar-refractivity contribution >= 4 is 15.7 Å². The average Bonchev–Trinajstić information content (AvgIpc) is 2.33. The second kappa shape index (κ2) is 5.37. The fourth-order valence-corrected chi connectivity index (χ4v) is 5.41. The van der Waals surface area contributed by atoms with E-state index in [1.807, 2.05) is 33.8 Å². The van der Waals surface area contributed by atoms with Crippen LogP contribution in [0, 0.1) is 13.8 Å². The Balaban J connectivity index is 2.58. The molecule has 20 heavy (non-hydrogen) atoms. The van der Waals surface area contributed by atoms with E-state index in [-0.39, 0.29) is 17.0 Å². The monoisotopic (exact) mass is 296 g/mol. The van der Waals surface area contributed by atoms with Gasteiger partial charge in [0.05, 0.1) is 5.69 Å². The molecule has 2 rings (SSSR count). The Morgan fingerprint density at radius 3 is 2.25 bits per heavy atom. The van der Waals surface area contributed by atoms with Crippen LogP contribution in [0.15, 0.2) is 17.0 Å². The topological polar surface area (TPSA) is 63.4 Å². The van der Waals surface area contributed by atoms with Gasteiger partial charge in [0.2, 0.25) is 10.0 Å². The van der Waals surface area contributed by atoms with Gasteiger partial charge in [-0.2, -0.15) is 4.31 Å². The minimum absolute atomic E-state index is 0.0306.